The molecule has 4 heteroatoms. The fourth-order valence-corrected chi connectivity index (χ4v) is 2.07. The molecule has 4 nitrogen and oxygen atoms in total. The largest absolute Gasteiger partial charge is 0.490 e. The maximum absolute atomic E-state index is 6.04. The van der Waals surface area contributed by atoms with E-state index in [4.69, 9.17) is 14.2 Å². The highest BCUT2D eigenvalue weighted by Gasteiger charge is 2.14. The van der Waals surface area contributed by atoms with Crippen LogP contribution in [0, 0.1) is 5.92 Å². The van der Waals surface area contributed by atoms with Crippen LogP contribution >= 0.6 is 0 Å². The number of ether oxygens (including phenoxy) is 3. The lowest BCUT2D eigenvalue weighted by atomic mass is 10.1. The Labute approximate surface area is 128 Å². The molecule has 1 aromatic rings. The summed E-state index contributed by atoms with van der Waals surface area (Å²) in [7, 11) is 1.68. The fraction of sp³-hybridized carbons (Fsp3) is 0.647. The van der Waals surface area contributed by atoms with Crippen LogP contribution in [-0.4, -0.2) is 33.0 Å². The van der Waals surface area contributed by atoms with Gasteiger partial charge in [0.05, 0.1) is 13.2 Å². The van der Waals surface area contributed by atoms with Gasteiger partial charge in [0.15, 0.2) is 11.5 Å². The third-order valence-electron chi connectivity index (χ3n) is 2.95. The lowest BCUT2D eigenvalue weighted by Gasteiger charge is -2.20. The Morgan fingerprint density at radius 1 is 1.19 bits per heavy atom. The Morgan fingerprint density at radius 3 is 2.57 bits per heavy atom. The lowest BCUT2D eigenvalue weighted by Crippen LogP contribution is -2.22. The molecule has 0 radical (unpaired) electrons. The van der Waals surface area contributed by atoms with Crippen LogP contribution < -0.4 is 14.8 Å². The summed E-state index contributed by atoms with van der Waals surface area (Å²) in [4.78, 5) is 0. The maximum atomic E-state index is 6.04. The van der Waals surface area contributed by atoms with Gasteiger partial charge in [0.1, 0.15) is 6.10 Å². The first-order valence-corrected chi connectivity index (χ1v) is 7.69. The van der Waals surface area contributed by atoms with E-state index in [1.165, 1.54) is 0 Å². The highest BCUT2D eigenvalue weighted by molar-refractivity contribution is 5.46. The second kappa shape index (κ2) is 9.64. The minimum Gasteiger partial charge on any atom is -0.490 e. The van der Waals surface area contributed by atoms with E-state index in [0.29, 0.717) is 19.1 Å². The van der Waals surface area contributed by atoms with Crippen molar-refractivity contribution in [2.75, 3.05) is 26.9 Å². The van der Waals surface area contributed by atoms with E-state index in [0.717, 1.165) is 30.2 Å². The van der Waals surface area contributed by atoms with Gasteiger partial charge in [-0.3, -0.25) is 0 Å². The second-order valence-electron chi connectivity index (χ2n) is 5.59. The number of hydrogen-bond donors (Lipinski definition) is 1. The zero-order valence-electron chi connectivity index (χ0n) is 13.9. The minimum atomic E-state index is -0.0135. The molecule has 0 aliphatic carbocycles. The Morgan fingerprint density at radius 2 is 1.95 bits per heavy atom. The summed E-state index contributed by atoms with van der Waals surface area (Å²) in [6.45, 7) is 11.3. The molecule has 21 heavy (non-hydrogen) atoms. The van der Waals surface area contributed by atoms with E-state index in [1.54, 1.807) is 7.11 Å². The van der Waals surface area contributed by atoms with E-state index in [2.05, 4.69) is 25.2 Å². The summed E-state index contributed by atoms with van der Waals surface area (Å²) in [5.74, 6) is 2.24. The number of hydrogen-bond acceptors (Lipinski definition) is 4. The standard InChI is InChI=1S/C17H29NO3/c1-6-20-16-9-7-8-15(11-18-10-13(2)3)17(16)21-14(4)12-19-5/h7-9,13-14,18H,6,10-12H2,1-5H3. The summed E-state index contributed by atoms with van der Waals surface area (Å²) < 4.78 is 16.9. The smallest absolute Gasteiger partial charge is 0.166 e. The third-order valence-corrected chi connectivity index (χ3v) is 2.95. The van der Waals surface area contributed by atoms with Crippen molar-refractivity contribution in [1.29, 1.82) is 0 Å². The Bertz CT molecular complexity index is 407. The van der Waals surface area contributed by atoms with Crippen molar-refractivity contribution < 1.29 is 14.2 Å². The van der Waals surface area contributed by atoms with E-state index >= 15 is 0 Å². The van der Waals surface area contributed by atoms with Crippen LogP contribution in [0.2, 0.25) is 0 Å². The monoisotopic (exact) mass is 295 g/mol. The van der Waals surface area contributed by atoms with Crippen LogP contribution in [0.5, 0.6) is 11.5 Å². The molecule has 0 bridgehead atoms. The molecule has 0 aliphatic heterocycles. The first-order chi connectivity index (χ1) is 10.1. The van der Waals surface area contributed by atoms with Gasteiger partial charge in [-0.15, -0.1) is 0 Å². The van der Waals surface area contributed by atoms with Crippen LogP contribution in [0.15, 0.2) is 18.2 Å². The van der Waals surface area contributed by atoms with Crippen LogP contribution in [0.1, 0.15) is 33.3 Å². The van der Waals surface area contributed by atoms with Crippen LogP contribution in [0.3, 0.4) is 0 Å². The van der Waals surface area contributed by atoms with Crippen molar-refractivity contribution >= 4 is 0 Å². The predicted octanol–water partition coefficient (Wildman–Crippen LogP) is 3.24. The number of nitrogens with one attached hydrogen (secondary N) is 1. The molecule has 1 unspecified atom stereocenters. The maximum Gasteiger partial charge on any atom is 0.166 e. The number of methoxy groups -OCH3 is 1. The molecule has 120 valence electrons. The SMILES string of the molecule is CCOc1cccc(CNCC(C)C)c1OC(C)COC. The van der Waals surface area contributed by atoms with Gasteiger partial charge in [0, 0.05) is 19.2 Å². The fourth-order valence-electron chi connectivity index (χ4n) is 2.07. The van der Waals surface area contributed by atoms with E-state index in [9.17, 15) is 0 Å². The van der Waals surface area contributed by atoms with Gasteiger partial charge < -0.3 is 19.5 Å². The summed E-state index contributed by atoms with van der Waals surface area (Å²) >= 11 is 0. The molecule has 1 atom stereocenters. The number of benzene rings is 1. The van der Waals surface area contributed by atoms with Crippen LogP contribution in [0.4, 0.5) is 0 Å². The van der Waals surface area contributed by atoms with E-state index in [-0.39, 0.29) is 6.10 Å². The van der Waals surface area contributed by atoms with Crippen LogP contribution in [0.25, 0.3) is 0 Å². The molecule has 0 aliphatic rings. The Balaban J connectivity index is 2.85. The number of para-hydroxylation sites is 1. The molecule has 0 spiro atoms. The quantitative estimate of drug-likeness (QED) is 0.719. The molecular formula is C17H29NO3. The van der Waals surface area contributed by atoms with Crippen molar-refractivity contribution in [3.63, 3.8) is 0 Å². The molecule has 1 N–H and O–H groups in total. The molecule has 0 heterocycles. The Hall–Kier alpha value is -1.26. The van der Waals surface area contributed by atoms with Crippen molar-refractivity contribution in [1.82, 2.24) is 5.32 Å². The Kier molecular flexibility index (Phi) is 8.16. The van der Waals surface area contributed by atoms with Gasteiger partial charge in [0.25, 0.3) is 0 Å². The highest BCUT2D eigenvalue weighted by Crippen LogP contribution is 2.32. The second-order valence-corrected chi connectivity index (χ2v) is 5.59. The van der Waals surface area contributed by atoms with Gasteiger partial charge >= 0.3 is 0 Å². The van der Waals surface area contributed by atoms with E-state index < -0.39 is 0 Å². The highest BCUT2D eigenvalue weighted by atomic mass is 16.5. The van der Waals surface area contributed by atoms with Crippen molar-refractivity contribution in [3.8, 4) is 11.5 Å². The van der Waals surface area contributed by atoms with Crippen molar-refractivity contribution in [3.05, 3.63) is 23.8 Å². The number of rotatable bonds is 10. The molecule has 0 saturated carbocycles. The van der Waals surface area contributed by atoms with Gasteiger partial charge in [-0.2, -0.15) is 0 Å². The minimum absolute atomic E-state index is 0.0135. The van der Waals surface area contributed by atoms with E-state index in [1.807, 2.05) is 26.0 Å². The summed E-state index contributed by atoms with van der Waals surface area (Å²) in [5, 5.41) is 3.45. The topological polar surface area (TPSA) is 39.7 Å². The van der Waals surface area contributed by atoms with Crippen molar-refractivity contribution in [2.45, 2.75) is 40.3 Å². The summed E-state index contributed by atoms with van der Waals surface area (Å²) in [6.07, 6.45) is -0.0135. The van der Waals surface area contributed by atoms with Gasteiger partial charge in [0.2, 0.25) is 0 Å². The lowest BCUT2D eigenvalue weighted by molar-refractivity contribution is 0.0886. The van der Waals surface area contributed by atoms with Crippen LogP contribution in [-0.2, 0) is 11.3 Å². The van der Waals surface area contributed by atoms with Gasteiger partial charge in [-0.05, 0) is 32.4 Å². The average Bonchev–Trinajstić information content (AvgIpc) is 2.42. The molecule has 0 saturated heterocycles. The molecule has 0 aromatic heterocycles. The molecule has 1 rings (SSSR count). The first-order valence-electron chi connectivity index (χ1n) is 7.69. The zero-order valence-corrected chi connectivity index (χ0v) is 13.9. The predicted molar refractivity (Wildman–Crippen MR) is 86.1 cm³/mol. The summed E-state index contributed by atoms with van der Waals surface area (Å²) in [5.41, 5.74) is 1.12. The normalized spacial score (nSPS) is 12.5. The van der Waals surface area contributed by atoms with Crippen molar-refractivity contribution in [2.24, 2.45) is 5.92 Å². The third kappa shape index (κ3) is 6.36. The molecule has 1 aromatic carbocycles. The van der Waals surface area contributed by atoms with Gasteiger partial charge in [-0.1, -0.05) is 26.0 Å². The molecule has 0 amide bonds. The zero-order chi connectivity index (χ0) is 15.7. The van der Waals surface area contributed by atoms with Gasteiger partial charge in [-0.25, -0.2) is 0 Å². The molecular weight excluding hydrogens is 266 g/mol. The molecule has 0 fully saturated rings. The average molecular weight is 295 g/mol. The summed E-state index contributed by atoms with van der Waals surface area (Å²) in [6, 6.07) is 6.03. The first kappa shape index (κ1) is 17.8.